The van der Waals surface area contributed by atoms with Crippen molar-refractivity contribution in [3.05, 3.63) is 51.2 Å². The van der Waals surface area contributed by atoms with Crippen LogP contribution >= 0.6 is 12.2 Å². The molecule has 0 saturated heterocycles. The van der Waals surface area contributed by atoms with Gasteiger partial charge in [0.1, 0.15) is 17.4 Å². The van der Waals surface area contributed by atoms with Gasteiger partial charge in [-0.3, -0.25) is 14.3 Å². The molecule has 0 fully saturated rings. The third kappa shape index (κ3) is 2.04. The summed E-state index contributed by atoms with van der Waals surface area (Å²) in [6.07, 6.45) is 1.40. The molecule has 0 aliphatic rings. The van der Waals surface area contributed by atoms with Crippen LogP contribution < -0.4 is 10.3 Å². The Kier molecular flexibility index (Phi) is 3.26. The van der Waals surface area contributed by atoms with Gasteiger partial charge in [0.15, 0.2) is 4.77 Å². The SMILES string of the molecule is COc1ccccc1-n1cc(C#N)c(=O)[nH]c1=S. The van der Waals surface area contributed by atoms with Gasteiger partial charge in [-0.2, -0.15) is 5.26 Å². The van der Waals surface area contributed by atoms with Crippen molar-refractivity contribution in [2.45, 2.75) is 0 Å². The summed E-state index contributed by atoms with van der Waals surface area (Å²) >= 11 is 5.08. The number of para-hydroxylation sites is 2. The van der Waals surface area contributed by atoms with Crippen LogP contribution in [0, 0.1) is 16.1 Å². The van der Waals surface area contributed by atoms with E-state index in [1.54, 1.807) is 19.2 Å². The Hall–Kier alpha value is -2.39. The van der Waals surface area contributed by atoms with E-state index in [4.69, 9.17) is 22.2 Å². The number of nitrogens with zero attached hydrogens (tertiary/aromatic N) is 2. The molecule has 2 rings (SSSR count). The zero-order valence-electron chi connectivity index (χ0n) is 9.51. The van der Waals surface area contributed by atoms with Crippen molar-refractivity contribution in [1.82, 2.24) is 9.55 Å². The van der Waals surface area contributed by atoms with Gasteiger partial charge in [0, 0.05) is 6.20 Å². The summed E-state index contributed by atoms with van der Waals surface area (Å²) in [6.45, 7) is 0. The van der Waals surface area contributed by atoms with Gasteiger partial charge in [0.25, 0.3) is 5.56 Å². The van der Waals surface area contributed by atoms with E-state index in [-0.39, 0.29) is 10.3 Å². The van der Waals surface area contributed by atoms with Gasteiger partial charge in [-0.25, -0.2) is 0 Å². The Bertz CT molecular complexity index is 740. The standard InChI is InChI=1S/C12H9N3O2S/c1-17-10-5-3-2-4-9(10)15-7-8(6-13)11(16)14-12(15)18/h2-5,7H,1H3,(H,14,16,18). The van der Waals surface area contributed by atoms with E-state index in [2.05, 4.69) is 4.98 Å². The Morgan fingerprint density at radius 1 is 1.44 bits per heavy atom. The van der Waals surface area contributed by atoms with Crippen LogP contribution in [0.4, 0.5) is 0 Å². The first-order valence-corrected chi connectivity index (χ1v) is 5.47. The molecule has 0 radical (unpaired) electrons. The Morgan fingerprint density at radius 2 is 2.17 bits per heavy atom. The summed E-state index contributed by atoms with van der Waals surface area (Å²) in [4.78, 5) is 13.9. The Balaban J connectivity index is 2.76. The van der Waals surface area contributed by atoms with Crippen molar-refractivity contribution in [1.29, 1.82) is 5.26 Å². The molecule has 1 N–H and O–H groups in total. The van der Waals surface area contributed by atoms with Gasteiger partial charge < -0.3 is 4.74 Å². The van der Waals surface area contributed by atoms with Crippen LogP contribution in [0.15, 0.2) is 35.3 Å². The molecule has 1 aromatic carbocycles. The lowest BCUT2D eigenvalue weighted by Crippen LogP contribution is -2.15. The normalized spacial score (nSPS) is 9.78. The van der Waals surface area contributed by atoms with E-state index in [1.165, 1.54) is 10.8 Å². The molecule has 0 aliphatic carbocycles. The van der Waals surface area contributed by atoms with E-state index < -0.39 is 5.56 Å². The third-order valence-electron chi connectivity index (χ3n) is 2.41. The van der Waals surface area contributed by atoms with E-state index in [0.717, 1.165) is 0 Å². The molecular formula is C12H9N3O2S. The quantitative estimate of drug-likeness (QED) is 0.834. The van der Waals surface area contributed by atoms with Crippen LogP contribution in [0.5, 0.6) is 5.75 Å². The van der Waals surface area contributed by atoms with Gasteiger partial charge in [0.2, 0.25) is 0 Å². The van der Waals surface area contributed by atoms with Gasteiger partial charge in [-0.05, 0) is 24.4 Å². The number of methoxy groups -OCH3 is 1. The highest BCUT2D eigenvalue weighted by Gasteiger charge is 2.07. The number of nitriles is 1. The monoisotopic (exact) mass is 259 g/mol. The number of aromatic nitrogens is 2. The van der Waals surface area contributed by atoms with Crippen LogP contribution in [0.3, 0.4) is 0 Å². The summed E-state index contributed by atoms with van der Waals surface area (Å²) in [6, 6.07) is 9.01. The van der Waals surface area contributed by atoms with Crippen molar-refractivity contribution in [3.63, 3.8) is 0 Å². The van der Waals surface area contributed by atoms with Crippen LogP contribution in [0.1, 0.15) is 5.56 Å². The largest absolute Gasteiger partial charge is 0.495 e. The topological polar surface area (TPSA) is 70.8 Å². The fourth-order valence-corrected chi connectivity index (χ4v) is 1.80. The first-order chi connectivity index (χ1) is 8.67. The third-order valence-corrected chi connectivity index (χ3v) is 2.71. The van der Waals surface area contributed by atoms with E-state index in [9.17, 15) is 4.79 Å². The predicted octanol–water partition coefficient (Wildman–Crippen LogP) is 1.78. The average molecular weight is 259 g/mol. The lowest BCUT2D eigenvalue weighted by atomic mass is 10.3. The summed E-state index contributed by atoms with van der Waals surface area (Å²) < 4.78 is 6.96. The molecule has 6 heteroatoms. The Labute approximate surface area is 108 Å². The molecule has 0 atom stereocenters. The van der Waals surface area contributed by atoms with Crippen molar-refractivity contribution < 1.29 is 4.74 Å². The van der Waals surface area contributed by atoms with Crippen LogP contribution in [-0.4, -0.2) is 16.7 Å². The molecule has 2 aromatic rings. The van der Waals surface area contributed by atoms with E-state index in [0.29, 0.717) is 11.4 Å². The number of hydrogen-bond donors (Lipinski definition) is 1. The molecule has 0 spiro atoms. The highest BCUT2D eigenvalue weighted by Crippen LogP contribution is 2.21. The second-order valence-electron chi connectivity index (χ2n) is 3.46. The molecule has 90 valence electrons. The lowest BCUT2D eigenvalue weighted by Gasteiger charge is -2.11. The van der Waals surface area contributed by atoms with Crippen molar-refractivity contribution in [2.24, 2.45) is 0 Å². The fraction of sp³-hybridized carbons (Fsp3) is 0.0833. The van der Waals surface area contributed by atoms with E-state index >= 15 is 0 Å². The summed E-state index contributed by atoms with van der Waals surface area (Å²) in [7, 11) is 1.54. The predicted molar refractivity (Wildman–Crippen MR) is 68.5 cm³/mol. The van der Waals surface area contributed by atoms with Gasteiger partial charge in [-0.15, -0.1) is 0 Å². The number of ether oxygens (including phenoxy) is 1. The average Bonchev–Trinajstić information content (AvgIpc) is 2.39. The molecule has 5 nitrogen and oxygen atoms in total. The number of aromatic amines is 1. The number of hydrogen-bond acceptors (Lipinski definition) is 4. The molecule has 0 saturated carbocycles. The van der Waals surface area contributed by atoms with Gasteiger partial charge in [0.05, 0.1) is 12.8 Å². The van der Waals surface area contributed by atoms with Gasteiger partial charge in [-0.1, -0.05) is 12.1 Å². The molecule has 1 aromatic heterocycles. The number of benzene rings is 1. The zero-order valence-corrected chi connectivity index (χ0v) is 10.3. The smallest absolute Gasteiger partial charge is 0.269 e. The minimum atomic E-state index is -0.492. The summed E-state index contributed by atoms with van der Waals surface area (Å²) in [5, 5.41) is 8.86. The van der Waals surface area contributed by atoms with Gasteiger partial charge >= 0.3 is 0 Å². The molecule has 0 bridgehead atoms. The molecule has 18 heavy (non-hydrogen) atoms. The minimum Gasteiger partial charge on any atom is -0.495 e. The molecule has 0 aliphatic heterocycles. The maximum atomic E-state index is 11.4. The maximum absolute atomic E-state index is 11.4. The van der Waals surface area contributed by atoms with Crippen molar-refractivity contribution in [3.8, 4) is 17.5 Å². The minimum absolute atomic E-state index is 0.00509. The Morgan fingerprint density at radius 3 is 2.83 bits per heavy atom. The number of nitrogens with one attached hydrogen (secondary N) is 1. The van der Waals surface area contributed by atoms with Crippen molar-refractivity contribution >= 4 is 12.2 Å². The highest BCUT2D eigenvalue weighted by molar-refractivity contribution is 7.71. The van der Waals surface area contributed by atoms with Crippen LogP contribution in [0.2, 0.25) is 0 Å². The highest BCUT2D eigenvalue weighted by atomic mass is 32.1. The summed E-state index contributed by atoms with van der Waals surface area (Å²) in [5.74, 6) is 0.601. The second kappa shape index (κ2) is 4.85. The van der Waals surface area contributed by atoms with Crippen LogP contribution in [-0.2, 0) is 0 Å². The molecular weight excluding hydrogens is 250 g/mol. The van der Waals surface area contributed by atoms with Crippen LogP contribution in [0.25, 0.3) is 5.69 Å². The molecule has 0 amide bonds. The molecule has 1 heterocycles. The fourth-order valence-electron chi connectivity index (χ4n) is 1.56. The molecule has 0 unspecified atom stereocenters. The lowest BCUT2D eigenvalue weighted by molar-refractivity contribution is 0.412. The van der Waals surface area contributed by atoms with E-state index in [1.807, 2.05) is 18.2 Å². The van der Waals surface area contributed by atoms with Crippen molar-refractivity contribution in [2.75, 3.05) is 7.11 Å². The zero-order chi connectivity index (χ0) is 13.1. The number of rotatable bonds is 2. The first-order valence-electron chi connectivity index (χ1n) is 5.07. The first kappa shape index (κ1) is 12.1. The maximum Gasteiger partial charge on any atom is 0.269 e. The second-order valence-corrected chi connectivity index (χ2v) is 3.84. The number of H-pyrrole nitrogens is 1. The summed E-state index contributed by atoms with van der Waals surface area (Å²) in [5.41, 5.74) is 0.168.